The van der Waals surface area contributed by atoms with Gasteiger partial charge in [-0.15, -0.1) is 0 Å². The van der Waals surface area contributed by atoms with Gasteiger partial charge in [0.15, 0.2) is 6.61 Å². The van der Waals surface area contributed by atoms with Crippen LogP contribution in [0.15, 0.2) is 84.1 Å². The molecule has 0 fully saturated rings. The molecular weight excluding hydrogens is 454 g/mol. The maximum atomic E-state index is 12.0. The molecule has 8 heteroatoms. The molecular formula is C26H22ClN3O4. The van der Waals surface area contributed by atoms with Gasteiger partial charge < -0.3 is 14.2 Å². The van der Waals surface area contributed by atoms with Crippen molar-refractivity contribution in [1.82, 2.24) is 10.4 Å². The smallest absolute Gasteiger partial charge is 0.277 e. The molecule has 7 nitrogen and oxygen atoms in total. The van der Waals surface area contributed by atoms with Gasteiger partial charge in [-0.3, -0.25) is 9.78 Å². The van der Waals surface area contributed by atoms with Gasteiger partial charge in [-0.05, 0) is 60.2 Å². The average Bonchev–Trinajstić information content (AvgIpc) is 2.87. The lowest BCUT2D eigenvalue weighted by Gasteiger charge is -2.12. The second-order valence-electron chi connectivity index (χ2n) is 7.23. The first-order chi connectivity index (χ1) is 16.6. The largest absolute Gasteiger partial charge is 0.496 e. The average molecular weight is 476 g/mol. The van der Waals surface area contributed by atoms with Gasteiger partial charge in [0.05, 0.1) is 13.3 Å². The molecule has 0 aliphatic carbocycles. The van der Waals surface area contributed by atoms with E-state index >= 15 is 0 Å². The van der Waals surface area contributed by atoms with Gasteiger partial charge in [-0.2, -0.15) is 5.10 Å². The summed E-state index contributed by atoms with van der Waals surface area (Å²) in [6, 6.07) is 22.0. The molecule has 0 bridgehead atoms. The van der Waals surface area contributed by atoms with E-state index in [0.717, 1.165) is 22.0 Å². The Kier molecular flexibility index (Phi) is 7.57. The van der Waals surface area contributed by atoms with Crippen LogP contribution in [0.1, 0.15) is 11.1 Å². The van der Waals surface area contributed by atoms with E-state index in [1.54, 1.807) is 43.8 Å². The van der Waals surface area contributed by atoms with Gasteiger partial charge in [-0.1, -0.05) is 29.8 Å². The van der Waals surface area contributed by atoms with Crippen molar-refractivity contribution < 1.29 is 19.0 Å². The number of hydrogen-bond donors (Lipinski definition) is 1. The van der Waals surface area contributed by atoms with Crippen molar-refractivity contribution in [2.24, 2.45) is 5.10 Å². The fourth-order valence-corrected chi connectivity index (χ4v) is 3.36. The lowest BCUT2D eigenvalue weighted by atomic mass is 10.1. The van der Waals surface area contributed by atoms with Gasteiger partial charge in [0, 0.05) is 22.2 Å². The Morgan fingerprint density at radius 1 is 1.03 bits per heavy atom. The van der Waals surface area contributed by atoms with Crippen LogP contribution >= 0.6 is 11.6 Å². The Morgan fingerprint density at radius 2 is 1.85 bits per heavy atom. The second-order valence-corrected chi connectivity index (χ2v) is 7.66. The number of hydrogen-bond acceptors (Lipinski definition) is 6. The Bertz CT molecular complexity index is 1300. The highest BCUT2D eigenvalue weighted by atomic mass is 35.5. The maximum Gasteiger partial charge on any atom is 0.277 e. The minimum absolute atomic E-state index is 0.167. The monoisotopic (exact) mass is 475 g/mol. The summed E-state index contributed by atoms with van der Waals surface area (Å²) in [5.41, 5.74) is 4.85. The second kappa shape index (κ2) is 11.2. The van der Waals surface area contributed by atoms with Crippen LogP contribution < -0.4 is 19.6 Å². The van der Waals surface area contributed by atoms with Gasteiger partial charge >= 0.3 is 0 Å². The summed E-state index contributed by atoms with van der Waals surface area (Å²) in [6.07, 6.45) is 3.28. The molecule has 4 aromatic rings. The number of carbonyl (C=O) groups is 1. The lowest BCUT2D eigenvalue weighted by Crippen LogP contribution is -2.24. The molecule has 1 N–H and O–H groups in total. The van der Waals surface area contributed by atoms with E-state index in [-0.39, 0.29) is 19.1 Å². The van der Waals surface area contributed by atoms with Crippen molar-refractivity contribution in [3.8, 4) is 17.2 Å². The van der Waals surface area contributed by atoms with Gasteiger partial charge in [0.25, 0.3) is 5.91 Å². The topological polar surface area (TPSA) is 82.0 Å². The summed E-state index contributed by atoms with van der Waals surface area (Å²) in [6.45, 7) is 0.113. The van der Waals surface area contributed by atoms with E-state index in [0.29, 0.717) is 22.3 Å². The predicted molar refractivity (Wildman–Crippen MR) is 132 cm³/mol. The third-order valence-electron chi connectivity index (χ3n) is 4.87. The molecule has 0 unspecified atom stereocenters. The number of pyridine rings is 1. The molecule has 3 aromatic carbocycles. The predicted octanol–water partition coefficient (Wildman–Crippen LogP) is 5.00. The molecule has 172 valence electrons. The number of ether oxygens (including phenoxy) is 3. The number of para-hydroxylation sites is 1. The van der Waals surface area contributed by atoms with Gasteiger partial charge in [0.1, 0.15) is 29.4 Å². The lowest BCUT2D eigenvalue weighted by molar-refractivity contribution is -0.123. The van der Waals surface area contributed by atoms with Crippen LogP contribution in [0, 0.1) is 0 Å². The van der Waals surface area contributed by atoms with Crippen molar-refractivity contribution >= 4 is 34.6 Å². The summed E-state index contributed by atoms with van der Waals surface area (Å²) in [5.74, 6) is 1.54. The number of nitrogens with zero attached hydrogens (tertiary/aromatic N) is 2. The molecule has 34 heavy (non-hydrogen) atoms. The standard InChI is InChI=1S/C26H22ClN3O4/c1-32-23-12-7-18(15-29-30-25(31)17-33-22-10-8-21(27)9-11-22)14-20(23)16-34-24-6-2-4-19-5-3-13-28-26(19)24/h2-15H,16-17H2,1H3,(H,30,31). The van der Waals surface area contributed by atoms with Crippen LogP contribution in [0.2, 0.25) is 5.02 Å². The van der Waals surface area contributed by atoms with Crippen molar-refractivity contribution in [3.05, 3.63) is 95.1 Å². The van der Waals surface area contributed by atoms with Crippen LogP contribution in [0.25, 0.3) is 10.9 Å². The minimum atomic E-state index is -0.383. The molecule has 1 amide bonds. The number of halogens is 1. The molecule has 0 spiro atoms. The number of hydrazone groups is 1. The third kappa shape index (κ3) is 6.02. The van der Waals surface area contributed by atoms with E-state index in [2.05, 4.69) is 15.5 Å². The van der Waals surface area contributed by atoms with E-state index in [1.165, 1.54) is 0 Å². The van der Waals surface area contributed by atoms with Gasteiger partial charge in [0.2, 0.25) is 0 Å². The highest BCUT2D eigenvalue weighted by Crippen LogP contribution is 2.26. The number of carbonyl (C=O) groups excluding carboxylic acids is 1. The molecule has 0 radical (unpaired) electrons. The maximum absolute atomic E-state index is 12.0. The first kappa shape index (κ1) is 23.1. The van der Waals surface area contributed by atoms with E-state index in [1.807, 2.05) is 48.5 Å². The highest BCUT2D eigenvalue weighted by Gasteiger charge is 2.08. The summed E-state index contributed by atoms with van der Waals surface area (Å²) < 4.78 is 16.9. The number of rotatable bonds is 9. The van der Waals surface area contributed by atoms with Crippen LogP contribution in [-0.2, 0) is 11.4 Å². The summed E-state index contributed by atoms with van der Waals surface area (Å²) >= 11 is 5.83. The number of aromatic nitrogens is 1. The summed E-state index contributed by atoms with van der Waals surface area (Å²) in [4.78, 5) is 16.4. The number of nitrogens with one attached hydrogen (secondary N) is 1. The zero-order chi connectivity index (χ0) is 23.8. The quantitative estimate of drug-likeness (QED) is 0.272. The highest BCUT2D eigenvalue weighted by molar-refractivity contribution is 6.30. The Morgan fingerprint density at radius 3 is 2.68 bits per heavy atom. The third-order valence-corrected chi connectivity index (χ3v) is 5.12. The molecule has 1 heterocycles. The Balaban J connectivity index is 1.37. The molecule has 0 saturated carbocycles. The van der Waals surface area contributed by atoms with Crippen LogP contribution in [0.3, 0.4) is 0 Å². The molecule has 0 saturated heterocycles. The zero-order valence-corrected chi connectivity index (χ0v) is 19.2. The number of benzene rings is 3. The summed E-state index contributed by atoms with van der Waals surface area (Å²) in [7, 11) is 1.60. The van der Waals surface area contributed by atoms with Crippen molar-refractivity contribution in [2.45, 2.75) is 6.61 Å². The van der Waals surface area contributed by atoms with Crippen molar-refractivity contribution in [1.29, 1.82) is 0 Å². The first-order valence-corrected chi connectivity index (χ1v) is 10.8. The molecule has 0 aliphatic rings. The van der Waals surface area contributed by atoms with Crippen LogP contribution in [0.5, 0.6) is 17.2 Å². The zero-order valence-electron chi connectivity index (χ0n) is 18.4. The Hall–Kier alpha value is -4.10. The number of methoxy groups -OCH3 is 1. The van der Waals surface area contributed by atoms with E-state index < -0.39 is 0 Å². The molecule has 0 atom stereocenters. The van der Waals surface area contributed by atoms with Crippen molar-refractivity contribution in [2.75, 3.05) is 13.7 Å². The normalized spacial score (nSPS) is 10.9. The van der Waals surface area contributed by atoms with E-state index in [4.69, 9.17) is 25.8 Å². The SMILES string of the molecule is COc1ccc(C=NNC(=O)COc2ccc(Cl)cc2)cc1COc1cccc2cccnc12. The number of amides is 1. The van der Waals surface area contributed by atoms with Gasteiger partial charge in [-0.25, -0.2) is 5.43 Å². The fourth-order valence-electron chi connectivity index (χ4n) is 3.23. The molecule has 0 aliphatic heterocycles. The van der Waals surface area contributed by atoms with E-state index in [9.17, 15) is 4.79 Å². The molecule has 1 aromatic heterocycles. The first-order valence-electron chi connectivity index (χ1n) is 10.5. The Labute approximate surface area is 201 Å². The van der Waals surface area contributed by atoms with Crippen molar-refractivity contribution in [3.63, 3.8) is 0 Å². The molecule has 4 rings (SSSR count). The number of fused-ring (bicyclic) bond motifs is 1. The minimum Gasteiger partial charge on any atom is -0.496 e. The fraction of sp³-hybridized carbons (Fsp3) is 0.115. The van der Waals surface area contributed by atoms with Crippen LogP contribution in [-0.4, -0.2) is 30.8 Å². The summed E-state index contributed by atoms with van der Waals surface area (Å²) in [5, 5.41) is 5.61. The van der Waals surface area contributed by atoms with Crippen LogP contribution in [0.4, 0.5) is 0 Å².